The summed E-state index contributed by atoms with van der Waals surface area (Å²) in [6.45, 7) is 7.20. The number of rotatable bonds is 4. The first-order valence-electron chi connectivity index (χ1n) is 8.37. The molecule has 2 fully saturated rings. The van der Waals surface area contributed by atoms with Gasteiger partial charge in [0, 0.05) is 30.9 Å². The fourth-order valence-electron chi connectivity index (χ4n) is 4.08. The van der Waals surface area contributed by atoms with Gasteiger partial charge in [0.15, 0.2) is 0 Å². The van der Waals surface area contributed by atoms with E-state index in [1.165, 1.54) is 38.0 Å². The van der Waals surface area contributed by atoms with E-state index in [9.17, 15) is 5.11 Å². The Morgan fingerprint density at radius 1 is 1.24 bits per heavy atom. The number of hydrogen-bond donors (Lipinski definition) is 2. The average molecular weight is 288 g/mol. The molecule has 21 heavy (non-hydrogen) atoms. The molecule has 2 unspecified atom stereocenters. The topological polar surface area (TPSA) is 35.5 Å². The number of anilines is 1. The summed E-state index contributed by atoms with van der Waals surface area (Å²) in [7, 11) is 0. The molecule has 1 heterocycles. The Morgan fingerprint density at radius 2 is 1.95 bits per heavy atom. The van der Waals surface area contributed by atoms with E-state index < -0.39 is 0 Å². The second-order valence-corrected chi connectivity index (χ2v) is 7.03. The van der Waals surface area contributed by atoms with Gasteiger partial charge in [0.1, 0.15) is 0 Å². The highest BCUT2D eigenvalue weighted by molar-refractivity contribution is 5.47. The largest absolute Gasteiger partial charge is 0.392 e. The molecule has 0 spiro atoms. The van der Waals surface area contributed by atoms with Crippen LogP contribution in [-0.2, 0) is 6.61 Å². The number of piperidine rings is 1. The van der Waals surface area contributed by atoms with E-state index in [1.807, 2.05) is 12.1 Å². The van der Waals surface area contributed by atoms with E-state index in [1.54, 1.807) is 0 Å². The van der Waals surface area contributed by atoms with Crippen molar-refractivity contribution >= 4 is 5.69 Å². The number of aliphatic hydroxyl groups is 1. The normalized spacial score (nSPS) is 29.6. The molecule has 1 saturated carbocycles. The van der Waals surface area contributed by atoms with Gasteiger partial charge in [0.05, 0.1) is 6.61 Å². The zero-order chi connectivity index (χ0) is 14.8. The molecule has 2 atom stereocenters. The number of nitrogens with zero attached hydrogens (tertiary/aromatic N) is 1. The van der Waals surface area contributed by atoms with Crippen LogP contribution in [0.1, 0.15) is 38.7 Å². The molecule has 116 valence electrons. The Bertz CT molecular complexity index is 460. The zero-order valence-corrected chi connectivity index (χ0v) is 13.3. The van der Waals surface area contributed by atoms with Crippen LogP contribution in [0.4, 0.5) is 5.69 Å². The van der Waals surface area contributed by atoms with Crippen LogP contribution in [0.15, 0.2) is 24.3 Å². The number of benzene rings is 1. The molecule has 2 aliphatic rings. The molecule has 1 aliphatic carbocycles. The van der Waals surface area contributed by atoms with Gasteiger partial charge in [-0.2, -0.15) is 0 Å². The maximum atomic E-state index is 9.29. The average Bonchev–Trinajstić information content (AvgIpc) is 2.47. The van der Waals surface area contributed by atoms with Gasteiger partial charge in [-0.3, -0.25) is 0 Å². The van der Waals surface area contributed by atoms with Gasteiger partial charge in [0.2, 0.25) is 0 Å². The second kappa shape index (κ2) is 6.37. The first-order valence-corrected chi connectivity index (χ1v) is 8.37. The predicted molar refractivity (Wildman–Crippen MR) is 87.3 cm³/mol. The maximum Gasteiger partial charge on any atom is 0.0682 e. The zero-order valence-electron chi connectivity index (χ0n) is 13.3. The van der Waals surface area contributed by atoms with Gasteiger partial charge in [-0.05, 0) is 56.2 Å². The lowest BCUT2D eigenvalue weighted by molar-refractivity contribution is 0.0518. The Balaban J connectivity index is 1.73. The second-order valence-electron chi connectivity index (χ2n) is 7.03. The fraction of sp³-hybridized carbons (Fsp3) is 0.667. The van der Waals surface area contributed by atoms with E-state index in [2.05, 4.69) is 36.2 Å². The molecule has 0 amide bonds. The Kier molecular flexibility index (Phi) is 4.51. The highest BCUT2D eigenvalue weighted by Gasteiger charge is 2.39. The van der Waals surface area contributed by atoms with E-state index in [4.69, 9.17) is 0 Å². The number of likely N-dealkylation sites (tertiary alicyclic amines) is 1. The van der Waals surface area contributed by atoms with Crippen LogP contribution >= 0.6 is 0 Å². The standard InChI is InChI=1S/C18H28N2O/c1-13(2)20-10-15-6-4-7-16(11-20)18(15)19-17-8-3-5-14(9-17)12-21/h3,5,8-9,13,15-16,18-19,21H,4,6-7,10-12H2,1-2H3. The molecule has 2 N–H and O–H groups in total. The molecule has 1 aromatic rings. The maximum absolute atomic E-state index is 9.29. The lowest BCUT2D eigenvalue weighted by atomic mass is 9.73. The lowest BCUT2D eigenvalue weighted by Gasteiger charge is -2.49. The summed E-state index contributed by atoms with van der Waals surface area (Å²) in [5.41, 5.74) is 2.16. The van der Waals surface area contributed by atoms with Gasteiger partial charge in [-0.15, -0.1) is 0 Å². The number of aliphatic hydroxyl groups excluding tert-OH is 1. The number of hydrogen-bond acceptors (Lipinski definition) is 3. The molecular weight excluding hydrogens is 260 g/mol. The third-order valence-corrected chi connectivity index (χ3v) is 5.28. The van der Waals surface area contributed by atoms with Gasteiger partial charge < -0.3 is 15.3 Å². The van der Waals surface area contributed by atoms with Crippen LogP contribution in [0.25, 0.3) is 0 Å². The summed E-state index contributed by atoms with van der Waals surface area (Å²) in [5, 5.41) is 13.1. The summed E-state index contributed by atoms with van der Waals surface area (Å²) in [4.78, 5) is 2.65. The van der Waals surface area contributed by atoms with Crippen molar-refractivity contribution in [3.05, 3.63) is 29.8 Å². The molecule has 2 bridgehead atoms. The molecule has 1 saturated heterocycles. The third kappa shape index (κ3) is 3.24. The van der Waals surface area contributed by atoms with Crippen molar-refractivity contribution in [3.63, 3.8) is 0 Å². The Morgan fingerprint density at radius 3 is 2.57 bits per heavy atom. The van der Waals surface area contributed by atoms with Crippen LogP contribution < -0.4 is 5.32 Å². The summed E-state index contributed by atoms with van der Waals surface area (Å²) in [6, 6.07) is 9.49. The van der Waals surface area contributed by atoms with Crippen molar-refractivity contribution in [2.75, 3.05) is 18.4 Å². The molecule has 3 heteroatoms. The Labute approximate surface area is 128 Å². The van der Waals surface area contributed by atoms with Crippen LogP contribution in [-0.4, -0.2) is 35.2 Å². The van der Waals surface area contributed by atoms with Crippen LogP contribution in [0, 0.1) is 11.8 Å². The van der Waals surface area contributed by atoms with E-state index in [-0.39, 0.29) is 6.61 Å². The molecule has 1 aromatic carbocycles. The molecule has 3 nitrogen and oxygen atoms in total. The highest BCUT2D eigenvalue weighted by atomic mass is 16.3. The third-order valence-electron chi connectivity index (χ3n) is 5.28. The summed E-state index contributed by atoms with van der Waals surface area (Å²) in [6.07, 6.45) is 4.07. The minimum Gasteiger partial charge on any atom is -0.392 e. The van der Waals surface area contributed by atoms with Crippen molar-refractivity contribution in [2.45, 2.75) is 51.8 Å². The quantitative estimate of drug-likeness (QED) is 0.893. The van der Waals surface area contributed by atoms with Gasteiger partial charge in [-0.25, -0.2) is 0 Å². The number of fused-ring (bicyclic) bond motifs is 2. The van der Waals surface area contributed by atoms with Gasteiger partial charge >= 0.3 is 0 Å². The monoisotopic (exact) mass is 288 g/mol. The Hall–Kier alpha value is -1.06. The van der Waals surface area contributed by atoms with E-state index in [0.29, 0.717) is 12.1 Å². The van der Waals surface area contributed by atoms with Gasteiger partial charge in [-0.1, -0.05) is 18.6 Å². The number of nitrogens with one attached hydrogen (secondary N) is 1. The van der Waals surface area contributed by atoms with Crippen molar-refractivity contribution in [2.24, 2.45) is 11.8 Å². The van der Waals surface area contributed by atoms with Crippen LogP contribution in [0.3, 0.4) is 0 Å². The van der Waals surface area contributed by atoms with E-state index >= 15 is 0 Å². The lowest BCUT2D eigenvalue weighted by Crippen LogP contribution is -2.56. The highest BCUT2D eigenvalue weighted by Crippen LogP contribution is 2.37. The van der Waals surface area contributed by atoms with Crippen LogP contribution in [0.5, 0.6) is 0 Å². The minimum absolute atomic E-state index is 0.119. The van der Waals surface area contributed by atoms with E-state index in [0.717, 1.165) is 17.4 Å². The summed E-state index contributed by atoms with van der Waals surface area (Å²) < 4.78 is 0. The first-order chi connectivity index (χ1) is 10.2. The summed E-state index contributed by atoms with van der Waals surface area (Å²) >= 11 is 0. The SMILES string of the molecule is CC(C)N1CC2CCCC(C1)C2Nc1cccc(CO)c1. The minimum atomic E-state index is 0.119. The smallest absolute Gasteiger partial charge is 0.0682 e. The first kappa shape index (κ1) is 14.9. The fourth-order valence-corrected chi connectivity index (χ4v) is 4.08. The van der Waals surface area contributed by atoms with Gasteiger partial charge in [0.25, 0.3) is 0 Å². The molecular formula is C18H28N2O. The molecule has 0 aromatic heterocycles. The van der Waals surface area contributed by atoms with Crippen LogP contribution in [0.2, 0.25) is 0 Å². The van der Waals surface area contributed by atoms with Crippen molar-refractivity contribution in [3.8, 4) is 0 Å². The van der Waals surface area contributed by atoms with Crippen molar-refractivity contribution in [1.82, 2.24) is 4.90 Å². The predicted octanol–water partition coefficient (Wildman–Crippen LogP) is 3.10. The van der Waals surface area contributed by atoms with Crippen molar-refractivity contribution in [1.29, 1.82) is 0 Å². The molecule has 3 rings (SSSR count). The molecule has 0 radical (unpaired) electrons. The summed E-state index contributed by atoms with van der Waals surface area (Å²) in [5.74, 6) is 1.52. The molecule has 1 aliphatic heterocycles. The van der Waals surface area contributed by atoms with Crippen molar-refractivity contribution < 1.29 is 5.11 Å².